The molecule has 0 saturated carbocycles. The second kappa shape index (κ2) is 8.82. The first-order chi connectivity index (χ1) is 12.9. The van der Waals surface area contributed by atoms with E-state index in [1.54, 1.807) is 13.0 Å². The van der Waals surface area contributed by atoms with Gasteiger partial charge in [-0.3, -0.25) is 4.79 Å². The van der Waals surface area contributed by atoms with Gasteiger partial charge in [0.1, 0.15) is 0 Å². The predicted octanol–water partition coefficient (Wildman–Crippen LogP) is 5.32. The Kier molecular flexibility index (Phi) is 6.69. The van der Waals surface area contributed by atoms with Crippen LogP contribution in [-0.2, 0) is 14.3 Å². The van der Waals surface area contributed by atoms with Crippen LogP contribution >= 0.6 is 61.1 Å². The Morgan fingerprint density at radius 1 is 1.26 bits per heavy atom. The monoisotopic (exact) mass is 651 g/mol. The third-order valence-corrected chi connectivity index (χ3v) is 5.62. The number of halogens is 3. The minimum Gasteiger partial charge on any atom is -0.424 e. The summed E-state index contributed by atoms with van der Waals surface area (Å²) < 4.78 is 13.1. The molecule has 0 fully saturated rings. The molecule has 0 radical (unpaired) electrons. The number of hydrogen-bond donors (Lipinski definition) is 0. The zero-order valence-electron chi connectivity index (χ0n) is 14.0. The van der Waals surface area contributed by atoms with Gasteiger partial charge in [-0.1, -0.05) is 28.9 Å². The molecule has 1 heterocycles. The molecule has 0 amide bonds. The zero-order chi connectivity index (χ0) is 19.6. The van der Waals surface area contributed by atoms with Crippen LogP contribution in [0.1, 0.15) is 24.5 Å². The van der Waals surface area contributed by atoms with E-state index in [-0.39, 0.29) is 17.6 Å². The fourth-order valence-corrected chi connectivity index (χ4v) is 4.69. The van der Waals surface area contributed by atoms with Crippen LogP contribution in [0.3, 0.4) is 0 Å². The summed E-state index contributed by atoms with van der Waals surface area (Å²) in [4.78, 5) is 28.1. The van der Waals surface area contributed by atoms with Crippen molar-refractivity contribution in [3.63, 3.8) is 0 Å². The van der Waals surface area contributed by atoms with Gasteiger partial charge in [-0.2, -0.15) is 0 Å². The van der Waals surface area contributed by atoms with Gasteiger partial charge >= 0.3 is 11.9 Å². The molecule has 0 aromatic heterocycles. The molecular formula is C19H12BrI2NO4. The van der Waals surface area contributed by atoms with Crippen LogP contribution < -0.4 is 4.74 Å². The quantitative estimate of drug-likeness (QED) is 0.194. The Morgan fingerprint density at radius 3 is 2.59 bits per heavy atom. The van der Waals surface area contributed by atoms with Crippen molar-refractivity contribution in [2.45, 2.75) is 13.3 Å². The molecule has 5 nitrogen and oxygen atoms in total. The Bertz CT molecular complexity index is 978. The first-order valence-electron chi connectivity index (χ1n) is 7.85. The molecule has 2 aromatic rings. The number of carbonyl (C=O) groups is 2. The smallest absolute Gasteiger partial charge is 0.363 e. The lowest BCUT2D eigenvalue weighted by atomic mass is 10.2. The number of benzene rings is 2. The molecule has 0 bridgehead atoms. The second-order valence-electron chi connectivity index (χ2n) is 5.49. The van der Waals surface area contributed by atoms with Crippen LogP contribution in [0.4, 0.5) is 0 Å². The number of aliphatic imine (C=N–C) groups is 1. The van der Waals surface area contributed by atoms with Crippen molar-refractivity contribution in [1.82, 2.24) is 0 Å². The minimum absolute atomic E-state index is 0.217. The summed E-state index contributed by atoms with van der Waals surface area (Å²) in [5.74, 6) is -0.000912. The Hall–Kier alpha value is -1.27. The first-order valence-corrected chi connectivity index (χ1v) is 10.8. The summed E-state index contributed by atoms with van der Waals surface area (Å²) in [7, 11) is 0. The number of esters is 2. The maximum absolute atomic E-state index is 12.2. The average Bonchev–Trinajstić information content (AvgIpc) is 2.98. The van der Waals surface area contributed by atoms with Crippen molar-refractivity contribution in [2.75, 3.05) is 0 Å². The third-order valence-electron chi connectivity index (χ3n) is 3.52. The van der Waals surface area contributed by atoms with Crippen LogP contribution in [0.5, 0.6) is 5.75 Å². The molecule has 0 saturated heterocycles. The lowest BCUT2D eigenvalue weighted by Crippen LogP contribution is -2.08. The molecule has 0 aliphatic carbocycles. The Balaban J connectivity index is 1.92. The van der Waals surface area contributed by atoms with Gasteiger partial charge in [0, 0.05) is 16.5 Å². The molecule has 0 N–H and O–H groups in total. The largest absolute Gasteiger partial charge is 0.424 e. The normalized spacial score (nSPS) is 14.9. The van der Waals surface area contributed by atoms with Gasteiger partial charge in [0.05, 0.1) is 7.14 Å². The van der Waals surface area contributed by atoms with E-state index in [0.717, 1.165) is 17.2 Å². The maximum Gasteiger partial charge on any atom is 0.363 e. The molecule has 138 valence electrons. The number of cyclic esters (lactones) is 1. The summed E-state index contributed by atoms with van der Waals surface area (Å²) in [6.07, 6.45) is 1.96. The molecule has 0 unspecified atom stereocenters. The van der Waals surface area contributed by atoms with Crippen molar-refractivity contribution < 1.29 is 19.1 Å². The van der Waals surface area contributed by atoms with E-state index in [0.29, 0.717) is 17.7 Å². The topological polar surface area (TPSA) is 65.0 Å². The van der Waals surface area contributed by atoms with Crippen molar-refractivity contribution in [3.8, 4) is 5.75 Å². The summed E-state index contributed by atoms with van der Waals surface area (Å²) in [6, 6.07) is 11.0. The molecule has 1 aliphatic heterocycles. The minimum atomic E-state index is -0.503. The van der Waals surface area contributed by atoms with E-state index in [4.69, 9.17) is 9.47 Å². The summed E-state index contributed by atoms with van der Waals surface area (Å²) in [5.41, 5.74) is 1.70. The van der Waals surface area contributed by atoms with Gasteiger partial charge in [0.25, 0.3) is 0 Å². The molecule has 0 spiro atoms. The molecular weight excluding hydrogens is 640 g/mol. The molecule has 2 aromatic carbocycles. The highest BCUT2D eigenvalue weighted by Crippen LogP contribution is 2.31. The third kappa shape index (κ3) is 4.96. The second-order valence-corrected chi connectivity index (χ2v) is 8.73. The number of carbonyl (C=O) groups excluding carboxylic acids is 2. The Morgan fingerprint density at radius 2 is 1.96 bits per heavy atom. The Labute approximate surface area is 191 Å². The van der Waals surface area contributed by atoms with E-state index in [2.05, 4.69) is 66.1 Å². The fraction of sp³-hybridized carbons (Fsp3) is 0.105. The molecule has 8 heteroatoms. The molecule has 1 aliphatic rings. The summed E-state index contributed by atoms with van der Waals surface area (Å²) in [5, 5.41) is 0. The predicted molar refractivity (Wildman–Crippen MR) is 123 cm³/mol. The van der Waals surface area contributed by atoms with Gasteiger partial charge in [-0.15, -0.1) is 0 Å². The van der Waals surface area contributed by atoms with E-state index in [1.165, 1.54) is 0 Å². The van der Waals surface area contributed by atoms with Crippen molar-refractivity contribution >= 4 is 85.0 Å². The number of nitrogens with zero attached hydrogens (tertiary/aromatic N) is 1. The zero-order valence-corrected chi connectivity index (χ0v) is 19.9. The van der Waals surface area contributed by atoms with Crippen LogP contribution in [0.15, 0.2) is 51.6 Å². The van der Waals surface area contributed by atoms with Crippen LogP contribution in [0.25, 0.3) is 6.08 Å². The maximum atomic E-state index is 12.2. The number of ether oxygens (including phenoxy) is 2. The lowest BCUT2D eigenvalue weighted by Gasteiger charge is -2.09. The highest BCUT2D eigenvalue weighted by atomic mass is 127. The molecule has 0 atom stereocenters. The fourth-order valence-electron chi connectivity index (χ4n) is 2.26. The van der Waals surface area contributed by atoms with E-state index >= 15 is 0 Å². The van der Waals surface area contributed by atoms with Gasteiger partial charge in [-0.05, 0) is 87.2 Å². The van der Waals surface area contributed by atoms with Gasteiger partial charge in [-0.25, -0.2) is 9.79 Å². The average molecular weight is 652 g/mol. The lowest BCUT2D eigenvalue weighted by molar-refractivity contribution is -0.134. The standard InChI is InChI=1S/C19H12BrI2NO4/c1-2-16(24)26-17-13(21)6-10(7-14(17)22)8-15-19(25)27-18(23-15)11-4-3-5-12(20)9-11/h3-9H,2H2,1H3/b15-8-. The van der Waals surface area contributed by atoms with Crippen LogP contribution in [0, 0.1) is 7.14 Å². The summed E-state index contributed by atoms with van der Waals surface area (Å²) >= 11 is 7.59. The van der Waals surface area contributed by atoms with E-state index < -0.39 is 5.97 Å². The van der Waals surface area contributed by atoms with Gasteiger partial charge < -0.3 is 9.47 Å². The van der Waals surface area contributed by atoms with Gasteiger partial charge in [0.15, 0.2) is 11.4 Å². The van der Waals surface area contributed by atoms with E-state index in [1.807, 2.05) is 36.4 Å². The van der Waals surface area contributed by atoms with Crippen LogP contribution in [-0.4, -0.2) is 17.8 Å². The number of hydrogen-bond acceptors (Lipinski definition) is 5. The summed E-state index contributed by atoms with van der Waals surface area (Å²) in [6.45, 7) is 1.74. The highest BCUT2D eigenvalue weighted by molar-refractivity contribution is 14.1. The van der Waals surface area contributed by atoms with E-state index in [9.17, 15) is 9.59 Å². The van der Waals surface area contributed by atoms with Gasteiger partial charge in [0.2, 0.25) is 5.90 Å². The highest BCUT2D eigenvalue weighted by Gasteiger charge is 2.24. The van der Waals surface area contributed by atoms with Crippen molar-refractivity contribution in [2.24, 2.45) is 4.99 Å². The number of rotatable bonds is 4. The SMILES string of the molecule is CCC(=O)Oc1c(I)cc(/C=C2\N=C(c3cccc(Br)c3)OC2=O)cc1I. The van der Waals surface area contributed by atoms with Crippen LogP contribution in [0.2, 0.25) is 0 Å². The molecule has 3 rings (SSSR count). The van der Waals surface area contributed by atoms with Crippen molar-refractivity contribution in [1.29, 1.82) is 0 Å². The molecule has 27 heavy (non-hydrogen) atoms. The first kappa shape index (κ1) is 20.5. The van der Waals surface area contributed by atoms with Crippen molar-refractivity contribution in [3.05, 3.63) is 64.8 Å².